The van der Waals surface area contributed by atoms with Gasteiger partial charge in [-0.25, -0.2) is 4.98 Å². The smallest absolute Gasteiger partial charge is 0.267 e. The maximum atomic E-state index is 13.4. The largest absolute Gasteiger partial charge is 0.356 e. The number of carbonyl (C=O) groups excluding carboxylic acids is 1. The van der Waals surface area contributed by atoms with E-state index in [1.54, 1.807) is 17.2 Å². The fourth-order valence-electron chi connectivity index (χ4n) is 4.30. The van der Waals surface area contributed by atoms with Crippen LogP contribution in [0.5, 0.6) is 0 Å². The van der Waals surface area contributed by atoms with E-state index in [0.29, 0.717) is 32.8 Å². The van der Waals surface area contributed by atoms with Gasteiger partial charge in [-0.3, -0.25) is 18.9 Å². The number of aromatic nitrogens is 2. The van der Waals surface area contributed by atoms with Gasteiger partial charge >= 0.3 is 0 Å². The molecule has 3 aromatic rings. The molecule has 0 atom stereocenters. The molecule has 8 heteroatoms. The number of amides is 1. The third-order valence-corrected chi connectivity index (χ3v) is 7.37. The van der Waals surface area contributed by atoms with E-state index in [9.17, 15) is 9.59 Å². The Morgan fingerprint density at radius 1 is 1.03 bits per heavy atom. The van der Waals surface area contributed by atoms with E-state index >= 15 is 0 Å². The van der Waals surface area contributed by atoms with Crippen molar-refractivity contribution in [1.82, 2.24) is 14.3 Å². The van der Waals surface area contributed by atoms with Crippen molar-refractivity contribution in [2.45, 2.75) is 25.7 Å². The molecule has 168 valence electrons. The number of rotatable bonds is 6. The zero-order valence-electron chi connectivity index (χ0n) is 18.1. The highest BCUT2D eigenvalue weighted by Gasteiger charge is 2.32. The summed E-state index contributed by atoms with van der Waals surface area (Å²) < 4.78 is 2.07. The molecule has 2 aromatic heterocycles. The van der Waals surface area contributed by atoms with Gasteiger partial charge in [0.2, 0.25) is 0 Å². The highest BCUT2D eigenvalue weighted by atomic mass is 32.2. The molecule has 0 bridgehead atoms. The molecule has 1 aromatic carbocycles. The predicted molar refractivity (Wildman–Crippen MR) is 138 cm³/mol. The molecule has 0 saturated carbocycles. The molecule has 5 rings (SSSR count). The lowest BCUT2D eigenvalue weighted by atomic mass is 10.1. The average Bonchev–Trinajstić information content (AvgIpc) is 3.46. The van der Waals surface area contributed by atoms with Crippen LogP contribution in [0.4, 0.5) is 5.82 Å². The molecule has 1 amide bonds. The Hall–Kier alpha value is -2.97. The quantitative estimate of drug-likeness (QED) is 0.394. The van der Waals surface area contributed by atoms with Crippen molar-refractivity contribution < 1.29 is 4.79 Å². The Bertz CT molecular complexity index is 1300. The lowest BCUT2D eigenvalue weighted by Crippen LogP contribution is -2.29. The topological polar surface area (TPSA) is 57.9 Å². The van der Waals surface area contributed by atoms with Crippen LogP contribution in [0.15, 0.2) is 64.4 Å². The van der Waals surface area contributed by atoms with Crippen molar-refractivity contribution in [2.24, 2.45) is 0 Å². The van der Waals surface area contributed by atoms with E-state index in [0.717, 1.165) is 38.8 Å². The van der Waals surface area contributed by atoms with Gasteiger partial charge in [-0.15, -0.1) is 0 Å². The van der Waals surface area contributed by atoms with Crippen molar-refractivity contribution >= 4 is 51.7 Å². The van der Waals surface area contributed by atoms with E-state index in [2.05, 4.69) is 17.0 Å². The van der Waals surface area contributed by atoms with Crippen molar-refractivity contribution in [3.8, 4) is 0 Å². The number of hydrogen-bond acceptors (Lipinski definition) is 6. The second kappa shape index (κ2) is 9.49. The summed E-state index contributed by atoms with van der Waals surface area (Å²) in [6, 6.07) is 15.7. The molecule has 33 heavy (non-hydrogen) atoms. The Morgan fingerprint density at radius 3 is 2.58 bits per heavy atom. The number of pyridine rings is 1. The second-order valence-corrected chi connectivity index (χ2v) is 9.88. The Balaban J connectivity index is 1.43. The van der Waals surface area contributed by atoms with Gasteiger partial charge in [0.1, 0.15) is 15.8 Å². The van der Waals surface area contributed by atoms with Gasteiger partial charge in [-0.05, 0) is 49.5 Å². The highest BCUT2D eigenvalue weighted by molar-refractivity contribution is 8.26. The summed E-state index contributed by atoms with van der Waals surface area (Å²) in [7, 11) is 0. The van der Waals surface area contributed by atoms with E-state index < -0.39 is 0 Å². The third kappa shape index (κ3) is 4.45. The number of nitrogens with zero attached hydrogens (tertiary/aromatic N) is 4. The van der Waals surface area contributed by atoms with Gasteiger partial charge < -0.3 is 4.90 Å². The molecule has 6 nitrogen and oxygen atoms in total. The van der Waals surface area contributed by atoms with Crippen molar-refractivity contribution in [3.05, 3.63) is 81.1 Å². The summed E-state index contributed by atoms with van der Waals surface area (Å²) in [6.07, 6.45) is 7.25. The molecule has 0 aliphatic carbocycles. The average molecular weight is 477 g/mol. The molecule has 0 N–H and O–H groups in total. The van der Waals surface area contributed by atoms with Crippen LogP contribution in [0.1, 0.15) is 30.4 Å². The standard InChI is InChI=1S/C25H24N4O2S2/c30-23-19(22(27-13-6-7-14-27)26-21-12-4-5-15-28(21)23)17-20-24(31)29(25(32)33-20)16-8-11-18-9-2-1-3-10-18/h1-5,9-10,12,15,17H,6-8,11,13-14,16H2/b20-17+. The second-order valence-electron chi connectivity index (χ2n) is 8.20. The van der Waals surface area contributed by atoms with Crippen LogP contribution in [0.3, 0.4) is 0 Å². The molecule has 2 aliphatic rings. The van der Waals surface area contributed by atoms with Crippen molar-refractivity contribution in [2.75, 3.05) is 24.5 Å². The SMILES string of the molecule is O=C1/C(=C\c2c(N3CCCC3)nc3ccccn3c2=O)SC(=S)N1CCCc1ccccc1. The number of carbonyl (C=O) groups is 1. The van der Waals surface area contributed by atoms with Crippen LogP contribution >= 0.6 is 24.0 Å². The zero-order valence-corrected chi connectivity index (χ0v) is 19.8. The number of fused-ring (bicyclic) bond motifs is 1. The number of thiocarbonyl (C=S) groups is 1. The van der Waals surface area contributed by atoms with E-state index in [4.69, 9.17) is 17.2 Å². The third-order valence-electron chi connectivity index (χ3n) is 5.99. The normalized spacial score (nSPS) is 17.6. The fraction of sp³-hybridized carbons (Fsp3) is 0.280. The molecular weight excluding hydrogens is 452 g/mol. The Kier molecular flexibility index (Phi) is 6.28. The first-order valence-corrected chi connectivity index (χ1v) is 12.4. The first-order chi connectivity index (χ1) is 16.1. The van der Waals surface area contributed by atoms with E-state index in [1.807, 2.05) is 36.4 Å². The maximum Gasteiger partial charge on any atom is 0.267 e. The molecule has 0 radical (unpaired) electrons. The van der Waals surface area contributed by atoms with Crippen LogP contribution in [0.2, 0.25) is 0 Å². The first-order valence-electron chi connectivity index (χ1n) is 11.2. The minimum atomic E-state index is -0.170. The molecule has 2 saturated heterocycles. The van der Waals surface area contributed by atoms with Crippen molar-refractivity contribution in [1.29, 1.82) is 0 Å². The van der Waals surface area contributed by atoms with Gasteiger partial charge in [0, 0.05) is 25.8 Å². The summed E-state index contributed by atoms with van der Waals surface area (Å²) in [5.41, 5.74) is 2.13. The first kappa shape index (κ1) is 21.9. The van der Waals surface area contributed by atoms with Crippen LogP contribution in [0, 0.1) is 0 Å². The van der Waals surface area contributed by atoms with Gasteiger partial charge in [0.05, 0.1) is 10.5 Å². The van der Waals surface area contributed by atoms with E-state index in [-0.39, 0.29) is 11.5 Å². The monoisotopic (exact) mass is 476 g/mol. The number of hydrogen-bond donors (Lipinski definition) is 0. The van der Waals surface area contributed by atoms with Gasteiger partial charge in [0.25, 0.3) is 11.5 Å². The minimum absolute atomic E-state index is 0.136. The predicted octanol–water partition coefficient (Wildman–Crippen LogP) is 4.13. The van der Waals surface area contributed by atoms with Crippen LogP contribution in [0.25, 0.3) is 11.7 Å². The molecule has 2 aliphatic heterocycles. The molecular formula is C25H24N4O2S2. The molecule has 2 fully saturated rings. The number of anilines is 1. The van der Waals surface area contributed by atoms with Crippen LogP contribution < -0.4 is 10.5 Å². The van der Waals surface area contributed by atoms with Crippen LogP contribution in [-0.2, 0) is 11.2 Å². The number of thioether (sulfide) groups is 1. The number of benzene rings is 1. The maximum absolute atomic E-state index is 13.4. The van der Waals surface area contributed by atoms with Crippen molar-refractivity contribution in [3.63, 3.8) is 0 Å². The van der Waals surface area contributed by atoms with Gasteiger partial charge in [-0.2, -0.15) is 0 Å². The lowest BCUT2D eigenvalue weighted by Gasteiger charge is -2.19. The van der Waals surface area contributed by atoms with Crippen LogP contribution in [-0.4, -0.2) is 44.1 Å². The summed E-state index contributed by atoms with van der Waals surface area (Å²) in [4.78, 5) is 35.6. The Labute approximate surface area is 201 Å². The molecule has 4 heterocycles. The summed E-state index contributed by atoms with van der Waals surface area (Å²) in [5, 5.41) is 0. The fourth-order valence-corrected chi connectivity index (χ4v) is 5.59. The van der Waals surface area contributed by atoms with Gasteiger partial charge in [-0.1, -0.05) is 60.4 Å². The summed E-state index contributed by atoms with van der Waals surface area (Å²) >= 11 is 6.77. The summed E-state index contributed by atoms with van der Waals surface area (Å²) in [5.74, 6) is 0.515. The highest BCUT2D eigenvalue weighted by Crippen LogP contribution is 2.34. The summed E-state index contributed by atoms with van der Waals surface area (Å²) in [6.45, 7) is 2.28. The zero-order chi connectivity index (χ0) is 22.8. The van der Waals surface area contributed by atoms with E-state index in [1.165, 1.54) is 21.7 Å². The molecule has 0 spiro atoms. The van der Waals surface area contributed by atoms with Gasteiger partial charge in [0.15, 0.2) is 0 Å². The number of aryl methyl sites for hydroxylation is 1. The Morgan fingerprint density at radius 2 is 1.79 bits per heavy atom. The minimum Gasteiger partial charge on any atom is -0.356 e. The lowest BCUT2D eigenvalue weighted by molar-refractivity contribution is -0.122. The molecule has 0 unspecified atom stereocenters.